The monoisotopic (exact) mass is 214 g/mol. The van der Waals surface area contributed by atoms with Crippen molar-refractivity contribution in [3.63, 3.8) is 0 Å². The molecular weight excluding hydrogens is 206 g/mol. The van der Waals surface area contributed by atoms with E-state index in [1.54, 1.807) is 0 Å². The topological polar surface area (TPSA) is 38.9 Å². The van der Waals surface area contributed by atoms with Crippen LogP contribution in [0.25, 0.3) is 10.2 Å². The molecule has 74 valence electrons. The molecule has 0 aliphatic carbocycles. The van der Waals surface area contributed by atoms with Crippen LogP contribution in [0, 0.1) is 11.6 Å². The molecule has 0 aliphatic rings. The van der Waals surface area contributed by atoms with Crippen molar-refractivity contribution in [2.45, 2.75) is 6.42 Å². The van der Waals surface area contributed by atoms with Crippen LogP contribution in [0.2, 0.25) is 0 Å². The number of hydrogen-bond acceptors (Lipinski definition) is 3. The normalized spacial score (nSPS) is 11.1. The predicted octanol–water partition coefficient (Wildman–Crippen LogP) is 2.08. The van der Waals surface area contributed by atoms with Crippen molar-refractivity contribution in [3.05, 3.63) is 28.8 Å². The first-order valence-electron chi connectivity index (χ1n) is 4.15. The molecule has 0 radical (unpaired) electrons. The van der Waals surface area contributed by atoms with E-state index >= 15 is 0 Å². The van der Waals surface area contributed by atoms with Gasteiger partial charge >= 0.3 is 0 Å². The summed E-state index contributed by atoms with van der Waals surface area (Å²) in [7, 11) is 0. The Hall–Kier alpha value is -1.07. The van der Waals surface area contributed by atoms with Crippen LogP contribution in [0.15, 0.2) is 12.1 Å². The van der Waals surface area contributed by atoms with Crippen LogP contribution in [-0.4, -0.2) is 11.5 Å². The molecule has 2 N–H and O–H groups in total. The Morgan fingerprint density at radius 2 is 2.14 bits per heavy atom. The molecule has 2 aromatic rings. The SMILES string of the molecule is NCCc1nc2c(F)cc(F)cc2s1. The van der Waals surface area contributed by atoms with E-state index in [9.17, 15) is 8.78 Å². The first-order chi connectivity index (χ1) is 6.70. The van der Waals surface area contributed by atoms with Crippen LogP contribution < -0.4 is 5.73 Å². The van der Waals surface area contributed by atoms with Crippen molar-refractivity contribution in [2.24, 2.45) is 5.73 Å². The predicted molar refractivity (Wildman–Crippen MR) is 52.3 cm³/mol. The van der Waals surface area contributed by atoms with Gasteiger partial charge in [-0.2, -0.15) is 0 Å². The molecule has 1 aromatic heterocycles. The molecular formula is C9H8F2N2S. The van der Waals surface area contributed by atoms with Gasteiger partial charge in [0.1, 0.15) is 11.3 Å². The van der Waals surface area contributed by atoms with E-state index in [0.717, 1.165) is 11.1 Å². The molecule has 0 bridgehead atoms. The lowest BCUT2D eigenvalue weighted by atomic mass is 10.3. The highest BCUT2D eigenvalue weighted by Crippen LogP contribution is 2.25. The summed E-state index contributed by atoms with van der Waals surface area (Å²) >= 11 is 1.28. The quantitative estimate of drug-likeness (QED) is 0.831. The second kappa shape index (κ2) is 3.59. The highest BCUT2D eigenvalue weighted by atomic mass is 32.1. The summed E-state index contributed by atoms with van der Waals surface area (Å²) in [5.41, 5.74) is 5.59. The summed E-state index contributed by atoms with van der Waals surface area (Å²) in [5.74, 6) is -1.18. The number of halogens is 2. The average Bonchev–Trinajstić information content (AvgIpc) is 2.48. The number of benzene rings is 1. The van der Waals surface area contributed by atoms with Gasteiger partial charge in [-0.05, 0) is 12.6 Å². The van der Waals surface area contributed by atoms with E-state index in [1.165, 1.54) is 17.4 Å². The van der Waals surface area contributed by atoms with Gasteiger partial charge in [0.05, 0.1) is 9.71 Å². The number of nitrogens with two attached hydrogens (primary N) is 1. The summed E-state index contributed by atoms with van der Waals surface area (Å²) < 4.78 is 26.5. The number of rotatable bonds is 2. The molecule has 2 rings (SSSR count). The Labute approximate surface area is 83.4 Å². The maximum absolute atomic E-state index is 13.2. The highest BCUT2D eigenvalue weighted by molar-refractivity contribution is 7.18. The highest BCUT2D eigenvalue weighted by Gasteiger charge is 2.09. The molecule has 0 fully saturated rings. The van der Waals surface area contributed by atoms with Crippen molar-refractivity contribution in [3.8, 4) is 0 Å². The Kier molecular flexibility index (Phi) is 2.43. The maximum atomic E-state index is 13.2. The van der Waals surface area contributed by atoms with E-state index in [0.29, 0.717) is 17.7 Å². The summed E-state index contributed by atoms with van der Waals surface area (Å²) in [5, 5.41) is 0.743. The van der Waals surface area contributed by atoms with Crippen LogP contribution in [0.5, 0.6) is 0 Å². The van der Waals surface area contributed by atoms with Gasteiger partial charge in [-0.25, -0.2) is 13.8 Å². The van der Waals surface area contributed by atoms with Gasteiger partial charge < -0.3 is 5.73 Å². The lowest BCUT2D eigenvalue weighted by Crippen LogP contribution is -2.01. The van der Waals surface area contributed by atoms with E-state index in [2.05, 4.69) is 4.98 Å². The van der Waals surface area contributed by atoms with E-state index in [4.69, 9.17) is 5.73 Å². The van der Waals surface area contributed by atoms with Crippen LogP contribution in [-0.2, 0) is 6.42 Å². The number of thiazole rings is 1. The van der Waals surface area contributed by atoms with Gasteiger partial charge in [-0.15, -0.1) is 11.3 Å². The maximum Gasteiger partial charge on any atom is 0.153 e. The Balaban J connectivity index is 2.58. The first kappa shape index (κ1) is 9.48. The van der Waals surface area contributed by atoms with Crippen molar-refractivity contribution in [1.82, 2.24) is 4.98 Å². The van der Waals surface area contributed by atoms with Crippen LogP contribution >= 0.6 is 11.3 Å². The fourth-order valence-corrected chi connectivity index (χ4v) is 2.26. The molecule has 0 saturated carbocycles. The number of aromatic nitrogens is 1. The van der Waals surface area contributed by atoms with Gasteiger partial charge in [-0.3, -0.25) is 0 Å². The number of nitrogens with zero attached hydrogens (tertiary/aromatic N) is 1. The molecule has 0 saturated heterocycles. The largest absolute Gasteiger partial charge is 0.330 e. The van der Waals surface area contributed by atoms with Gasteiger partial charge in [0.2, 0.25) is 0 Å². The van der Waals surface area contributed by atoms with E-state index in [1.807, 2.05) is 0 Å². The lowest BCUT2D eigenvalue weighted by Gasteiger charge is -1.90. The first-order valence-corrected chi connectivity index (χ1v) is 4.97. The van der Waals surface area contributed by atoms with Crippen molar-refractivity contribution < 1.29 is 8.78 Å². The Morgan fingerprint density at radius 3 is 2.86 bits per heavy atom. The molecule has 14 heavy (non-hydrogen) atoms. The molecule has 5 heteroatoms. The zero-order chi connectivity index (χ0) is 10.1. The van der Waals surface area contributed by atoms with E-state index in [-0.39, 0.29) is 5.52 Å². The molecule has 1 heterocycles. The minimum absolute atomic E-state index is 0.236. The van der Waals surface area contributed by atoms with Crippen molar-refractivity contribution in [1.29, 1.82) is 0 Å². The summed E-state index contributed by atoms with van der Waals surface area (Å²) in [6.07, 6.45) is 0.598. The van der Waals surface area contributed by atoms with Crippen molar-refractivity contribution in [2.75, 3.05) is 6.54 Å². The van der Waals surface area contributed by atoms with Gasteiger partial charge in [0.15, 0.2) is 5.82 Å². The van der Waals surface area contributed by atoms with Crippen LogP contribution in [0.4, 0.5) is 8.78 Å². The summed E-state index contributed by atoms with van der Waals surface area (Å²) in [6, 6.07) is 2.13. The molecule has 0 unspecified atom stereocenters. The Morgan fingerprint density at radius 1 is 1.36 bits per heavy atom. The molecule has 1 aromatic carbocycles. The molecule has 0 spiro atoms. The number of fused-ring (bicyclic) bond motifs is 1. The lowest BCUT2D eigenvalue weighted by molar-refractivity contribution is 0.591. The van der Waals surface area contributed by atoms with Crippen LogP contribution in [0.3, 0.4) is 0 Å². The minimum atomic E-state index is -0.612. The number of hydrogen-bond donors (Lipinski definition) is 1. The average molecular weight is 214 g/mol. The third-order valence-corrected chi connectivity index (χ3v) is 2.88. The molecule has 0 amide bonds. The Bertz CT molecular complexity index is 467. The summed E-state index contributed by atoms with van der Waals surface area (Å²) in [4.78, 5) is 4.04. The molecule has 0 atom stereocenters. The summed E-state index contributed by atoms with van der Waals surface area (Å²) in [6.45, 7) is 0.462. The fraction of sp³-hybridized carbons (Fsp3) is 0.222. The third-order valence-electron chi connectivity index (χ3n) is 1.82. The van der Waals surface area contributed by atoms with Gasteiger partial charge in [0, 0.05) is 12.5 Å². The van der Waals surface area contributed by atoms with E-state index < -0.39 is 11.6 Å². The van der Waals surface area contributed by atoms with Crippen LogP contribution in [0.1, 0.15) is 5.01 Å². The molecule has 2 nitrogen and oxygen atoms in total. The zero-order valence-electron chi connectivity index (χ0n) is 7.26. The standard InChI is InChI=1S/C9H8F2N2S/c10-5-3-6(11)9-7(4-5)14-8(13-9)1-2-12/h3-4H,1-2,12H2. The minimum Gasteiger partial charge on any atom is -0.330 e. The van der Waals surface area contributed by atoms with Crippen molar-refractivity contribution >= 4 is 21.6 Å². The smallest absolute Gasteiger partial charge is 0.153 e. The third kappa shape index (κ3) is 1.60. The second-order valence-corrected chi connectivity index (χ2v) is 4.00. The fourth-order valence-electron chi connectivity index (χ4n) is 1.23. The second-order valence-electron chi connectivity index (χ2n) is 2.88. The van der Waals surface area contributed by atoms with Gasteiger partial charge in [0.25, 0.3) is 0 Å². The van der Waals surface area contributed by atoms with Gasteiger partial charge in [-0.1, -0.05) is 0 Å². The zero-order valence-corrected chi connectivity index (χ0v) is 8.07. The molecule has 0 aliphatic heterocycles.